The van der Waals surface area contributed by atoms with E-state index in [1.807, 2.05) is 24.3 Å². The first-order valence-electron chi connectivity index (χ1n) is 12.0. The number of aryl methyl sites for hydroxylation is 1. The van der Waals surface area contributed by atoms with E-state index in [0.717, 1.165) is 24.0 Å². The van der Waals surface area contributed by atoms with E-state index in [2.05, 4.69) is 10.0 Å². The molecule has 0 saturated heterocycles. The molecule has 0 radical (unpaired) electrons. The minimum atomic E-state index is -3.52. The zero-order chi connectivity index (χ0) is 26.1. The third-order valence-corrected chi connectivity index (χ3v) is 7.58. The first-order chi connectivity index (χ1) is 17.2. The van der Waals surface area contributed by atoms with Crippen LogP contribution >= 0.6 is 0 Å². The molecule has 1 saturated carbocycles. The van der Waals surface area contributed by atoms with Crippen molar-refractivity contribution in [3.8, 4) is 5.75 Å². The summed E-state index contributed by atoms with van der Waals surface area (Å²) in [5, 5.41) is 2.79. The maximum Gasteiger partial charge on any atom is 0.242 e. The van der Waals surface area contributed by atoms with Gasteiger partial charge in [0.05, 0.1) is 18.6 Å². The predicted molar refractivity (Wildman–Crippen MR) is 136 cm³/mol. The molecule has 3 rings (SSSR count). The molecular weight excluding hydrogens is 482 g/mol. The van der Waals surface area contributed by atoms with Crippen LogP contribution in [-0.2, 0) is 37.3 Å². The molecule has 0 aliphatic heterocycles. The van der Waals surface area contributed by atoms with E-state index in [9.17, 15) is 18.0 Å². The molecule has 9 nitrogen and oxygen atoms in total. The lowest BCUT2D eigenvalue weighted by Gasteiger charge is -2.29. The fourth-order valence-corrected chi connectivity index (χ4v) is 4.96. The van der Waals surface area contributed by atoms with Crippen LogP contribution in [0.3, 0.4) is 0 Å². The van der Waals surface area contributed by atoms with Crippen molar-refractivity contribution < 1.29 is 27.5 Å². The number of hydrogen-bond acceptors (Lipinski definition) is 6. The summed E-state index contributed by atoms with van der Waals surface area (Å²) in [6.45, 7) is 2.71. The minimum Gasteiger partial charge on any atom is -0.497 e. The second kappa shape index (κ2) is 12.8. The summed E-state index contributed by atoms with van der Waals surface area (Å²) in [5.41, 5.74) is 1.72. The number of benzene rings is 2. The highest BCUT2D eigenvalue weighted by Gasteiger charge is 2.28. The van der Waals surface area contributed by atoms with Crippen LogP contribution in [0.15, 0.2) is 53.4 Å². The average Bonchev–Trinajstić information content (AvgIpc) is 3.69. The lowest BCUT2D eigenvalue weighted by Crippen LogP contribution is -2.48. The van der Waals surface area contributed by atoms with Crippen LogP contribution in [0.4, 0.5) is 0 Å². The van der Waals surface area contributed by atoms with E-state index in [1.165, 1.54) is 0 Å². The molecule has 196 valence electrons. The van der Waals surface area contributed by atoms with E-state index in [0.29, 0.717) is 25.3 Å². The topological polar surface area (TPSA) is 114 Å². The van der Waals surface area contributed by atoms with Gasteiger partial charge in [-0.1, -0.05) is 24.3 Å². The van der Waals surface area contributed by atoms with Crippen molar-refractivity contribution in [1.29, 1.82) is 0 Å². The molecule has 0 aromatic heterocycles. The Bertz CT molecular complexity index is 1120. The van der Waals surface area contributed by atoms with Gasteiger partial charge in [-0.3, -0.25) is 9.59 Å². The number of amides is 2. The zero-order valence-electron chi connectivity index (χ0n) is 21.0. The van der Waals surface area contributed by atoms with Crippen molar-refractivity contribution in [1.82, 2.24) is 14.9 Å². The molecule has 2 N–H and O–H groups in total. The second-order valence-electron chi connectivity index (χ2n) is 8.87. The fraction of sp³-hybridized carbons (Fsp3) is 0.462. The van der Waals surface area contributed by atoms with Gasteiger partial charge in [0.25, 0.3) is 0 Å². The van der Waals surface area contributed by atoms with Crippen molar-refractivity contribution >= 4 is 21.8 Å². The minimum absolute atomic E-state index is 0.0395. The van der Waals surface area contributed by atoms with Crippen molar-refractivity contribution in [2.75, 3.05) is 27.4 Å². The van der Waals surface area contributed by atoms with Gasteiger partial charge in [0.2, 0.25) is 21.8 Å². The number of carbonyl (C=O) groups is 2. The van der Waals surface area contributed by atoms with Gasteiger partial charge >= 0.3 is 0 Å². The normalized spacial score (nSPS) is 14.2. The quantitative estimate of drug-likeness (QED) is 0.372. The van der Waals surface area contributed by atoms with Crippen LogP contribution in [0.5, 0.6) is 5.75 Å². The van der Waals surface area contributed by atoms with Crippen LogP contribution in [0.2, 0.25) is 0 Å². The Kier molecular flexibility index (Phi) is 9.86. The SMILES string of the molecule is COCCNC(=O)[C@@H](C)N(Cc1ccc(OC)cc1)C(=O)CCc1ccc(S(=O)(=O)NC2CC2)cc1. The van der Waals surface area contributed by atoms with Crippen molar-refractivity contribution in [2.45, 2.75) is 56.1 Å². The summed E-state index contributed by atoms with van der Waals surface area (Å²) >= 11 is 0. The molecule has 10 heteroatoms. The largest absolute Gasteiger partial charge is 0.497 e. The highest BCUT2D eigenvalue weighted by atomic mass is 32.2. The number of ether oxygens (including phenoxy) is 2. The Labute approximate surface area is 213 Å². The molecular formula is C26H35N3O6S. The number of methoxy groups -OCH3 is 2. The molecule has 0 heterocycles. The van der Waals surface area contributed by atoms with Crippen LogP contribution in [-0.4, -0.2) is 64.6 Å². The highest BCUT2D eigenvalue weighted by Crippen LogP contribution is 2.22. The number of nitrogens with zero attached hydrogens (tertiary/aromatic N) is 1. The number of nitrogens with one attached hydrogen (secondary N) is 2. The molecule has 0 unspecified atom stereocenters. The third-order valence-electron chi connectivity index (χ3n) is 6.05. The Hall–Kier alpha value is -2.95. The fourth-order valence-electron chi connectivity index (χ4n) is 3.65. The summed E-state index contributed by atoms with van der Waals surface area (Å²) in [4.78, 5) is 27.7. The predicted octanol–water partition coefficient (Wildman–Crippen LogP) is 2.25. The Morgan fingerprint density at radius 1 is 1.03 bits per heavy atom. The van der Waals surface area contributed by atoms with Gasteiger partial charge < -0.3 is 19.7 Å². The molecule has 2 aromatic carbocycles. The summed E-state index contributed by atoms with van der Waals surface area (Å²) in [6.07, 6.45) is 2.34. The van der Waals surface area contributed by atoms with Crippen molar-refractivity contribution in [2.24, 2.45) is 0 Å². The molecule has 1 atom stereocenters. The lowest BCUT2D eigenvalue weighted by molar-refractivity contribution is -0.140. The van der Waals surface area contributed by atoms with E-state index >= 15 is 0 Å². The highest BCUT2D eigenvalue weighted by molar-refractivity contribution is 7.89. The standard InChI is InChI=1S/C26H35N3O6S/c1-19(26(31)27-16-17-34-2)29(18-21-4-11-23(35-3)12-5-21)25(30)15-8-20-6-13-24(14-7-20)36(32,33)28-22-9-10-22/h4-7,11-14,19,22,28H,8-10,15-18H2,1-3H3,(H,27,31)/t19-/m1/s1. The maximum atomic E-state index is 13.3. The van der Waals surface area contributed by atoms with Gasteiger partial charge in [0.1, 0.15) is 11.8 Å². The van der Waals surface area contributed by atoms with Crippen LogP contribution in [0.1, 0.15) is 37.3 Å². The summed E-state index contributed by atoms with van der Waals surface area (Å²) in [6, 6.07) is 13.3. The Morgan fingerprint density at radius 3 is 2.25 bits per heavy atom. The lowest BCUT2D eigenvalue weighted by atomic mass is 10.1. The molecule has 1 aliphatic rings. The van der Waals surface area contributed by atoms with Gasteiger partial charge in [0.15, 0.2) is 0 Å². The van der Waals surface area contributed by atoms with Crippen LogP contribution < -0.4 is 14.8 Å². The molecule has 2 amide bonds. The van der Waals surface area contributed by atoms with Gasteiger partial charge in [-0.2, -0.15) is 0 Å². The Morgan fingerprint density at radius 2 is 1.67 bits per heavy atom. The summed E-state index contributed by atoms with van der Waals surface area (Å²) < 4.78 is 37.6. The van der Waals surface area contributed by atoms with Gasteiger partial charge in [-0.05, 0) is 61.6 Å². The monoisotopic (exact) mass is 517 g/mol. The molecule has 1 fully saturated rings. The molecule has 36 heavy (non-hydrogen) atoms. The number of sulfonamides is 1. The molecule has 1 aliphatic carbocycles. The zero-order valence-corrected chi connectivity index (χ0v) is 21.8. The maximum absolute atomic E-state index is 13.3. The van der Waals surface area contributed by atoms with Crippen molar-refractivity contribution in [3.63, 3.8) is 0 Å². The summed E-state index contributed by atoms with van der Waals surface area (Å²) in [7, 11) is -0.374. The smallest absolute Gasteiger partial charge is 0.242 e. The number of carbonyl (C=O) groups excluding carboxylic acids is 2. The van der Waals surface area contributed by atoms with Gasteiger partial charge in [0, 0.05) is 32.7 Å². The van der Waals surface area contributed by atoms with Crippen LogP contribution in [0, 0.1) is 0 Å². The van der Waals surface area contributed by atoms with Gasteiger partial charge in [-0.25, -0.2) is 13.1 Å². The van der Waals surface area contributed by atoms with Crippen molar-refractivity contribution in [3.05, 3.63) is 59.7 Å². The number of hydrogen-bond donors (Lipinski definition) is 2. The Balaban J connectivity index is 1.66. The first-order valence-corrected chi connectivity index (χ1v) is 13.5. The second-order valence-corrected chi connectivity index (χ2v) is 10.6. The summed E-state index contributed by atoms with van der Waals surface area (Å²) in [5.74, 6) is 0.277. The van der Waals surface area contributed by atoms with E-state index in [4.69, 9.17) is 9.47 Å². The van der Waals surface area contributed by atoms with Gasteiger partial charge in [-0.15, -0.1) is 0 Å². The third kappa shape index (κ3) is 8.04. The first kappa shape index (κ1) is 27.6. The molecule has 2 aromatic rings. The van der Waals surface area contributed by atoms with Crippen LogP contribution in [0.25, 0.3) is 0 Å². The molecule has 0 bridgehead atoms. The van der Waals surface area contributed by atoms with E-state index in [1.54, 1.807) is 50.3 Å². The van der Waals surface area contributed by atoms with E-state index in [-0.39, 0.29) is 35.7 Å². The molecule has 0 spiro atoms. The number of rotatable bonds is 14. The average molecular weight is 518 g/mol. The van der Waals surface area contributed by atoms with E-state index < -0.39 is 16.1 Å².